The van der Waals surface area contributed by atoms with E-state index in [4.69, 9.17) is 0 Å². The van der Waals surface area contributed by atoms with Crippen LogP contribution in [0.1, 0.15) is 25.3 Å². The van der Waals surface area contributed by atoms with Crippen molar-refractivity contribution in [1.29, 1.82) is 0 Å². The van der Waals surface area contributed by atoms with Gasteiger partial charge in [-0.25, -0.2) is 8.42 Å². The number of ketones is 1. The second-order valence-corrected chi connectivity index (χ2v) is 9.27. The normalized spacial score (nSPS) is 20.9. The fourth-order valence-electron chi connectivity index (χ4n) is 4.26. The number of Topliss-reactive ketones (excluding diaryl/α,β-unsaturated/α-hetero) is 1. The van der Waals surface area contributed by atoms with Gasteiger partial charge in [0, 0.05) is 24.3 Å². The fourth-order valence-corrected chi connectivity index (χ4v) is 5.83. The molecule has 7 nitrogen and oxygen atoms in total. The number of rotatable bonds is 6. The topological polar surface area (TPSA) is 97.6 Å². The van der Waals surface area contributed by atoms with Crippen molar-refractivity contribution in [3.63, 3.8) is 0 Å². The number of benzene rings is 2. The average Bonchev–Trinajstić information content (AvgIpc) is 3.05. The van der Waals surface area contributed by atoms with Gasteiger partial charge in [0.2, 0.25) is 0 Å². The van der Waals surface area contributed by atoms with E-state index in [1.54, 1.807) is 0 Å². The molecule has 0 N–H and O–H groups in total. The molecular formula is C21H20N2O5S. The summed E-state index contributed by atoms with van der Waals surface area (Å²) >= 11 is 0. The van der Waals surface area contributed by atoms with Gasteiger partial charge in [-0.2, -0.15) is 0 Å². The molecule has 2 aromatic carbocycles. The van der Waals surface area contributed by atoms with E-state index in [1.165, 1.54) is 28.6 Å². The molecule has 0 radical (unpaired) electrons. The molecule has 8 heteroatoms. The largest absolute Gasteiger partial charge is 0.299 e. The molecule has 2 aliphatic rings. The lowest BCUT2D eigenvalue weighted by molar-refractivity contribution is -0.384. The second-order valence-electron chi connectivity index (χ2n) is 7.41. The summed E-state index contributed by atoms with van der Waals surface area (Å²) in [5.41, 5.74) is 2.11. The maximum Gasteiger partial charge on any atom is 0.269 e. The molecule has 0 saturated heterocycles. The molecule has 1 fully saturated rings. The van der Waals surface area contributed by atoms with Gasteiger partial charge in [0.15, 0.2) is 0 Å². The number of sulfonamides is 1. The number of carbonyl (C=O) groups is 1. The van der Waals surface area contributed by atoms with Gasteiger partial charge >= 0.3 is 0 Å². The molecule has 4 rings (SSSR count). The van der Waals surface area contributed by atoms with Crippen LogP contribution in [0.2, 0.25) is 0 Å². The third-order valence-electron chi connectivity index (χ3n) is 5.78. The molecule has 0 unspecified atom stereocenters. The average molecular weight is 412 g/mol. The minimum Gasteiger partial charge on any atom is -0.299 e. The Morgan fingerprint density at radius 3 is 2.38 bits per heavy atom. The zero-order valence-electron chi connectivity index (χ0n) is 15.8. The Labute approximate surface area is 168 Å². The predicted molar refractivity (Wildman–Crippen MR) is 106 cm³/mol. The quantitative estimate of drug-likeness (QED) is 0.533. The summed E-state index contributed by atoms with van der Waals surface area (Å²) in [5, 5.41) is 10.9. The first-order valence-corrected chi connectivity index (χ1v) is 10.8. The van der Waals surface area contributed by atoms with Gasteiger partial charge in [0.25, 0.3) is 15.7 Å². The predicted octanol–water partition coefficient (Wildman–Crippen LogP) is 3.67. The first-order valence-electron chi connectivity index (χ1n) is 9.35. The minimum absolute atomic E-state index is 0.0340. The van der Waals surface area contributed by atoms with Gasteiger partial charge in [-0.3, -0.25) is 19.2 Å². The van der Waals surface area contributed by atoms with Gasteiger partial charge < -0.3 is 0 Å². The van der Waals surface area contributed by atoms with Crippen molar-refractivity contribution in [2.75, 3.05) is 0 Å². The molecule has 0 amide bonds. The summed E-state index contributed by atoms with van der Waals surface area (Å²) in [6.45, 7) is 1.99. The van der Waals surface area contributed by atoms with E-state index in [2.05, 4.69) is 0 Å². The highest BCUT2D eigenvalue weighted by atomic mass is 32.2. The van der Waals surface area contributed by atoms with Crippen molar-refractivity contribution in [3.8, 4) is 0 Å². The Morgan fingerprint density at radius 2 is 1.76 bits per heavy atom. The van der Waals surface area contributed by atoms with E-state index >= 15 is 0 Å². The van der Waals surface area contributed by atoms with Crippen LogP contribution in [0.5, 0.6) is 0 Å². The number of nitro groups is 1. The number of carbonyl (C=O) groups excluding carboxylic acids is 1. The molecule has 2 aromatic rings. The number of nitrogens with zero attached hydrogens (tertiary/aromatic N) is 2. The van der Waals surface area contributed by atoms with Crippen molar-refractivity contribution in [2.45, 2.75) is 31.2 Å². The van der Waals surface area contributed by atoms with Crippen LogP contribution in [-0.2, 0) is 21.4 Å². The summed E-state index contributed by atoms with van der Waals surface area (Å²) in [6, 6.07) is 14.0. The highest BCUT2D eigenvalue weighted by Gasteiger charge is 2.51. The monoisotopic (exact) mass is 412 g/mol. The minimum atomic E-state index is -4.00. The molecule has 2 atom stereocenters. The van der Waals surface area contributed by atoms with Crippen LogP contribution in [0.25, 0.3) is 0 Å². The molecule has 29 heavy (non-hydrogen) atoms. The number of fused-ring (bicyclic) bond motifs is 1. The van der Waals surface area contributed by atoms with Crippen LogP contribution in [0.3, 0.4) is 0 Å². The van der Waals surface area contributed by atoms with Crippen molar-refractivity contribution < 1.29 is 18.1 Å². The third-order valence-corrected chi connectivity index (χ3v) is 7.55. The van der Waals surface area contributed by atoms with Crippen LogP contribution >= 0.6 is 0 Å². The molecule has 0 aliphatic heterocycles. The maximum atomic E-state index is 13.5. The summed E-state index contributed by atoms with van der Waals surface area (Å²) < 4.78 is 28.3. The molecule has 2 aliphatic carbocycles. The standard InChI is InChI=1S/C21H20N2O5S/c1-14-18-11-12-19(24)20(18)21(14)22(13-15-5-3-2-4-6-15)29(27,28)17-9-7-16(8-10-17)23(25)26/h2-10,18,20H,11-13H2,1H3/t18-,20+/m1/s1. The molecule has 150 valence electrons. The number of allylic oxidation sites excluding steroid dienone is 2. The lowest BCUT2D eigenvalue weighted by atomic mass is 9.74. The van der Waals surface area contributed by atoms with Crippen molar-refractivity contribution in [1.82, 2.24) is 4.31 Å². The molecule has 0 spiro atoms. The summed E-state index contributed by atoms with van der Waals surface area (Å²) in [4.78, 5) is 22.7. The van der Waals surface area contributed by atoms with Crippen LogP contribution in [0.4, 0.5) is 5.69 Å². The smallest absolute Gasteiger partial charge is 0.269 e. The van der Waals surface area contributed by atoms with Crippen molar-refractivity contribution >= 4 is 21.5 Å². The van der Waals surface area contributed by atoms with Gasteiger partial charge in [0.05, 0.1) is 22.3 Å². The Hall–Kier alpha value is -3.00. The Morgan fingerprint density at radius 1 is 1.10 bits per heavy atom. The number of hydrogen-bond acceptors (Lipinski definition) is 5. The molecule has 0 heterocycles. The Bertz CT molecular complexity index is 1110. The van der Waals surface area contributed by atoms with Gasteiger partial charge in [-0.1, -0.05) is 30.3 Å². The summed E-state index contributed by atoms with van der Waals surface area (Å²) in [7, 11) is -4.00. The number of non-ortho nitro benzene ring substituents is 1. The number of nitro benzene ring substituents is 1. The molecule has 0 bridgehead atoms. The van der Waals surface area contributed by atoms with E-state index in [0.29, 0.717) is 12.1 Å². The summed E-state index contributed by atoms with van der Waals surface area (Å²) in [6.07, 6.45) is 1.22. The van der Waals surface area contributed by atoms with Crippen LogP contribution in [0.15, 0.2) is 70.8 Å². The van der Waals surface area contributed by atoms with E-state index in [0.717, 1.165) is 17.6 Å². The highest BCUT2D eigenvalue weighted by Crippen LogP contribution is 2.51. The van der Waals surface area contributed by atoms with Gasteiger partial charge in [0.1, 0.15) is 5.78 Å². The molecule has 0 aromatic heterocycles. The first-order chi connectivity index (χ1) is 13.8. The second kappa shape index (κ2) is 7.11. The third kappa shape index (κ3) is 3.23. The Kier molecular flexibility index (Phi) is 4.74. The first kappa shape index (κ1) is 19.3. The number of hydrogen-bond donors (Lipinski definition) is 0. The summed E-state index contributed by atoms with van der Waals surface area (Å²) in [5.74, 6) is -0.193. The van der Waals surface area contributed by atoms with Crippen LogP contribution in [-0.4, -0.2) is 23.4 Å². The lowest BCUT2D eigenvalue weighted by Crippen LogP contribution is -2.43. The van der Waals surface area contributed by atoms with Gasteiger partial charge in [-0.15, -0.1) is 0 Å². The maximum absolute atomic E-state index is 13.5. The zero-order valence-corrected chi connectivity index (χ0v) is 16.6. The SMILES string of the molecule is CC1=C(N(Cc2ccccc2)S(=O)(=O)c2ccc([N+](=O)[O-])cc2)[C@@H]2C(=O)CC[C@H]12. The van der Waals surface area contributed by atoms with Crippen LogP contribution < -0.4 is 0 Å². The van der Waals surface area contributed by atoms with E-state index in [9.17, 15) is 23.3 Å². The van der Waals surface area contributed by atoms with Crippen molar-refractivity contribution in [3.05, 3.63) is 81.5 Å². The van der Waals surface area contributed by atoms with E-state index in [1.807, 2.05) is 37.3 Å². The van der Waals surface area contributed by atoms with E-state index < -0.39 is 14.9 Å². The molecule has 1 saturated carbocycles. The Balaban J connectivity index is 1.78. The van der Waals surface area contributed by atoms with Gasteiger partial charge in [-0.05, 0) is 42.5 Å². The highest BCUT2D eigenvalue weighted by molar-refractivity contribution is 7.89. The zero-order chi connectivity index (χ0) is 20.8. The van der Waals surface area contributed by atoms with Crippen molar-refractivity contribution in [2.24, 2.45) is 11.8 Å². The lowest BCUT2D eigenvalue weighted by Gasteiger charge is -2.41. The van der Waals surface area contributed by atoms with E-state index in [-0.39, 0.29) is 34.7 Å². The van der Waals surface area contributed by atoms with Crippen LogP contribution in [0, 0.1) is 22.0 Å². The molecular weight excluding hydrogens is 392 g/mol. The fraction of sp³-hybridized carbons (Fsp3) is 0.286.